The molecule has 0 saturated heterocycles. The Morgan fingerprint density at radius 3 is 2.27 bits per heavy atom. The molecule has 0 spiro atoms. The molecule has 0 amide bonds. The molecule has 0 aromatic heterocycles. The highest BCUT2D eigenvalue weighted by Gasteiger charge is 2.60. The van der Waals surface area contributed by atoms with Gasteiger partial charge in [-0.2, -0.15) is 13.2 Å². The highest BCUT2D eigenvalue weighted by molar-refractivity contribution is 7.91. The number of benzene rings is 2. The molecule has 1 N–H and O–H groups in total. The van der Waals surface area contributed by atoms with Gasteiger partial charge >= 0.3 is 12.0 Å². The van der Waals surface area contributed by atoms with Crippen molar-refractivity contribution in [2.24, 2.45) is 5.16 Å². The average molecular weight is 406 g/mol. The van der Waals surface area contributed by atoms with Crippen molar-refractivity contribution in [3.05, 3.63) is 59.1 Å². The molecule has 10 heteroatoms. The van der Waals surface area contributed by atoms with Gasteiger partial charge in [0.2, 0.25) is 9.84 Å². The smallest absolute Gasteiger partial charge is 0.350 e. The summed E-state index contributed by atoms with van der Waals surface area (Å²) in [5, 5.41) is 12.8. The van der Waals surface area contributed by atoms with Gasteiger partial charge in [0.25, 0.3) is 0 Å². The first kappa shape index (κ1) is 18.7. The molecule has 2 aromatic carbocycles. The van der Waals surface area contributed by atoms with Crippen molar-refractivity contribution in [3.63, 3.8) is 0 Å². The summed E-state index contributed by atoms with van der Waals surface area (Å²) in [6.45, 7) is 0. The molecule has 0 saturated carbocycles. The van der Waals surface area contributed by atoms with E-state index in [1.54, 1.807) is 6.07 Å². The van der Waals surface area contributed by atoms with Gasteiger partial charge in [0.05, 0.1) is 26.9 Å². The second-order valence-corrected chi connectivity index (χ2v) is 7.87. The quantitative estimate of drug-likeness (QED) is 0.847. The van der Waals surface area contributed by atoms with Crippen LogP contribution in [0.1, 0.15) is 12.0 Å². The summed E-state index contributed by atoms with van der Waals surface area (Å²) >= 11 is 5.92. The fourth-order valence-corrected chi connectivity index (χ4v) is 4.12. The van der Waals surface area contributed by atoms with Crippen molar-refractivity contribution in [1.82, 2.24) is 0 Å². The van der Waals surface area contributed by atoms with Gasteiger partial charge in [0.1, 0.15) is 0 Å². The number of rotatable bonds is 3. The van der Waals surface area contributed by atoms with Crippen molar-refractivity contribution >= 4 is 27.1 Å². The highest BCUT2D eigenvalue weighted by atomic mass is 35.5. The number of hydrogen-bond donors (Lipinski definition) is 1. The lowest BCUT2D eigenvalue weighted by atomic mass is 10.0. The number of halogens is 4. The molecule has 26 heavy (non-hydrogen) atoms. The van der Waals surface area contributed by atoms with Crippen LogP contribution in [0.5, 0.6) is 0 Å². The Kier molecular flexibility index (Phi) is 4.50. The fraction of sp³-hybridized carbons (Fsp3) is 0.188. The van der Waals surface area contributed by atoms with Crippen LogP contribution in [0, 0.1) is 0 Å². The standard InChI is InChI=1S/C16H11ClF3NO4S/c17-12-3-1-2-4-14(12)26(23,24)11-7-5-10(6-8-11)13-9-15(22,25-21-13)16(18,19)20/h1-8,22H,9H2. The zero-order valence-electron chi connectivity index (χ0n) is 12.9. The minimum absolute atomic E-state index is 0.0559. The van der Waals surface area contributed by atoms with Crippen molar-refractivity contribution in [1.29, 1.82) is 0 Å². The molecule has 0 bridgehead atoms. The van der Waals surface area contributed by atoms with Gasteiger partial charge in [-0.15, -0.1) is 0 Å². The van der Waals surface area contributed by atoms with Crippen LogP contribution in [0.2, 0.25) is 5.02 Å². The largest absolute Gasteiger partial charge is 0.458 e. The predicted molar refractivity (Wildman–Crippen MR) is 86.6 cm³/mol. The van der Waals surface area contributed by atoms with Crippen molar-refractivity contribution < 1.29 is 31.5 Å². The molecule has 1 aliphatic rings. The monoisotopic (exact) mass is 405 g/mol. The highest BCUT2D eigenvalue weighted by Crippen LogP contribution is 2.39. The summed E-state index contributed by atoms with van der Waals surface area (Å²) in [4.78, 5) is 3.97. The van der Waals surface area contributed by atoms with E-state index in [0.29, 0.717) is 0 Å². The second-order valence-electron chi connectivity index (χ2n) is 5.55. The lowest BCUT2D eigenvalue weighted by Crippen LogP contribution is -2.45. The number of aliphatic hydroxyl groups is 1. The molecule has 1 unspecified atom stereocenters. The molecule has 2 aromatic rings. The molecular weight excluding hydrogens is 395 g/mol. The van der Waals surface area contributed by atoms with Gasteiger partial charge in [-0.25, -0.2) is 8.42 Å². The summed E-state index contributed by atoms with van der Waals surface area (Å²) in [5.74, 6) is -3.38. The minimum Gasteiger partial charge on any atom is -0.350 e. The molecule has 1 atom stereocenters. The fourth-order valence-electron chi connectivity index (χ4n) is 2.34. The molecule has 0 fully saturated rings. The van der Waals surface area contributed by atoms with E-state index < -0.39 is 28.2 Å². The molecule has 1 aliphatic heterocycles. The maximum absolute atomic E-state index is 12.7. The summed E-state index contributed by atoms with van der Waals surface area (Å²) in [6, 6.07) is 10.9. The van der Waals surface area contributed by atoms with Crippen molar-refractivity contribution in [2.45, 2.75) is 28.2 Å². The van der Waals surface area contributed by atoms with E-state index in [2.05, 4.69) is 9.99 Å². The van der Waals surface area contributed by atoms with E-state index in [9.17, 15) is 26.7 Å². The first-order valence-electron chi connectivity index (χ1n) is 7.19. The van der Waals surface area contributed by atoms with Crippen LogP contribution in [0.4, 0.5) is 13.2 Å². The maximum atomic E-state index is 12.7. The van der Waals surface area contributed by atoms with Crippen LogP contribution in [0.15, 0.2) is 63.5 Å². The minimum atomic E-state index is -5.01. The van der Waals surface area contributed by atoms with E-state index in [1.165, 1.54) is 42.5 Å². The third-order valence-corrected chi connectivity index (χ3v) is 6.05. The summed E-state index contributed by atoms with van der Waals surface area (Å²) in [6.07, 6.45) is -5.90. The van der Waals surface area contributed by atoms with Gasteiger partial charge in [-0.1, -0.05) is 41.0 Å². The molecule has 0 aliphatic carbocycles. The van der Waals surface area contributed by atoms with Gasteiger partial charge in [-0.3, -0.25) is 0 Å². The zero-order chi connectivity index (χ0) is 19.2. The van der Waals surface area contributed by atoms with E-state index in [1.807, 2.05) is 0 Å². The summed E-state index contributed by atoms with van der Waals surface area (Å²) in [7, 11) is -3.89. The molecule has 5 nitrogen and oxygen atoms in total. The lowest BCUT2D eigenvalue weighted by Gasteiger charge is -2.22. The number of sulfone groups is 1. The second kappa shape index (κ2) is 6.26. The molecule has 1 heterocycles. The molecular formula is C16H11ClF3NO4S. The van der Waals surface area contributed by atoms with E-state index in [4.69, 9.17) is 11.6 Å². The molecule has 138 valence electrons. The number of hydrogen-bond acceptors (Lipinski definition) is 5. The Morgan fingerprint density at radius 1 is 1.12 bits per heavy atom. The molecule has 0 radical (unpaired) electrons. The zero-order valence-corrected chi connectivity index (χ0v) is 14.4. The SMILES string of the molecule is O=S(=O)(c1ccc(C2=NOC(O)(C(F)(F)F)C2)cc1)c1ccccc1Cl. The van der Waals surface area contributed by atoms with Crippen LogP contribution in [0.3, 0.4) is 0 Å². The summed E-state index contributed by atoms with van der Waals surface area (Å²) < 4.78 is 63.4. The van der Waals surface area contributed by atoms with Gasteiger partial charge < -0.3 is 9.94 Å². The first-order chi connectivity index (χ1) is 12.0. The Morgan fingerprint density at radius 2 is 1.73 bits per heavy atom. The molecule has 3 rings (SSSR count). The van der Waals surface area contributed by atoms with Crippen LogP contribution in [-0.4, -0.2) is 31.2 Å². The van der Waals surface area contributed by atoms with Crippen LogP contribution in [-0.2, 0) is 14.7 Å². The van der Waals surface area contributed by atoms with Crippen molar-refractivity contribution in [2.75, 3.05) is 0 Å². The Bertz CT molecular complexity index is 974. The van der Waals surface area contributed by atoms with Crippen LogP contribution >= 0.6 is 11.6 Å². The van der Waals surface area contributed by atoms with Crippen LogP contribution < -0.4 is 0 Å². The Labute approximate surface area is 151 Å². The predicted octanol–water partition coefficient (Wildman–Crippen LogP) is 3.55. The Balaban J connectivity index is 1.88. The van der Waals surface area contributed by atoms with E-state index in [-0.39, 0.29) is 26.1 Å². The third kappa shape index (κ3) is 3.17. The average Bonchev–Trinajstić information content (AvgIpc) is 2.99. The van der Waals surface area contributed by atoms with Gasteiger partial charge in [0.15, 0.2) is 0 Å². The number of alkyl halides is 3. The summed E-state index contributed by atoms with van der Waals surface area (Å²) in [5.41, 5.74) is 0.0507. The Hall–Kier alpha value is -2.10. The van der Waals surface area contributed by atoms with Crippen molar-refractivity contribution in [3.8, 4) is 0 Å². The van der Waals surface area contributed by atoms with E-state index in [0.717, 1.165) is 0 Å². The maximum Gasteiger partial charge on any atom is 0.458 e. The normalized spacial score (nSPS) is 20.6. The van der Waals surface area contributed by atoms with Gasteiger partial charge in [-0.05, 0) is 29.8 Å². The topological polar surface area (TPSA) is 76.0 Å². The van der Waals surface area contributed by atoms with E-state index >= 15 is 0 Å². The lowest BCUT2D eigenvalue weighted by molar-refractivity contribution is -0.355. The third-order valence-electron chi connectivity index (χ3n) is 3.78. The van der Waals surface area contributed by atoms with Gasteiger partial charge in [0, 0.05) is 0 Å². The van der Waals surface area contributed by atoms with Crippen LogP contribution in [0.25, 0.3) is 0 Å². The number of nitrogens with zero attached hydrogens (tertiary/aromatic N) is 1. The first-order valence-corrected chi connectivity index (χ1v) is 9.05. The number of oxime groups is 1.